The van der Waals surface area contributed by atoms with Gasteiger partial charge in [0.2, 0.25) is 5.89 Å². The number of methoxy groups -OCH3 is 1. The standard InChI is InChI=1S/C17H23N3O2/c1-21-15-6-4-14(5-7-15)11-16-19-17(22-20-16)12-13-3-2-9-18-10-8-13/h4-7,13,18H,2-3,8-12H2,1H3. The molecule has 5 heteroatoms. The van der Waals surface area contributed by atoms with Gasteiger partial charge in [-0.15, -0.1) is 0 Å². The fourth-order valence-electron chi connectivity index (χ4n) is 2.91. The number of nitrogens with one attached hydrogen (secondary N) is 1. The average molecular weight is 301 g/mol. The van der Waals surface area contributed by atoms with E-state index in [1.807, 2.05) is 24.3 Å². The topological polar surface area (TPSA) is 60.2 Å². The first-order valence-corrected chi connectivity index (χ1v) is 7.98. The van der Waals surface area contributed by atoms with Crippen LogP contribution in [0.15, 0.2) is 28.8 Å². The van der Waals surface area contributed by atoms with Crippen molar-refractivity contribution < 1.29 is 9.26 Å². The third-order valence-electron chi connectivity index (χ3n) is 4.19. The summed E-state index contributed by atoms with van der Waals surface area (Å²) in [6.45, 7) is 2.22. The first-order chi connectivity index (χ1) is 10.8. The van der Waals surface area contributed by atoms with Gasteiger partial charge < -0.3 is 14.6 Å². The molecule has 1 aliphatic rings. The van der Waals surface area contributed by atoms with Crippen molar-refractivity contribution in [1.82, 2.24) is 15.5 Å². The van der Waals surface area contributed by atoms with Gasteiger partial charge in [-0.2, -0.15) is 4.98 Å². The highest BCUT2D eigenvalue weighted by molar-refractivity contribution is 5.28. The molecule has 1 aliphatic heterocycles. The van der Waals surface area contributed by atoms with Gasteiger partial charge in [-0.3, -0.25) is 0 Å². The SMILES string of the molecule is COc1ccc(Cc2noc(CC3CCCNCC3)n2)cc1. The highest BCUT2D eigenvalue weighted by atomic mass is 16.5. The number of aromatic nitrogens is 2. The van der Waals surface area contributed by atoms with Crippen LogP contribution < -0.4 is 10.1 Å². The third-order valence-corrected chi connectivity index (χ3v) is 4.19. The van der Waals surface area contributed by atoms with E-state index in [1.165, 1.54) is 19.3 Å². The molecular weight excluding hydrogens is 278 g/mol. The van der Waals surface area contributed by atoms with E-state index in [9.17, 15) is 0 Å². The van der Waals surface area contributed by atoms with Crippen LogP contribution in [0.3, 0.4) is 0 Å². The maximum Gasteiger partial charge on any atom is 0.226 e. The number of benzene rings is 1. The zero-order valence-corrected chi connectivity index (χ0v) is 13.0. The van der Waals surface area contributed by atoms with Crippen molar-refractivity contribution in [2.24, 2.45) is 5.92 Å². The smallest absolute Gasteiger partial charge is 0.226 e. The summed E-state index contributed by atoms with van der Waals surface area (Å²) in [5, 5.41) is 7.54. The molecular formula is C17H23N3O2. The molecule has 0 saturated carbocycles. The average Bonchev–Trinajstić information content (AvgIpc) is 2.81. The van der Waals surface area contributed by atoms with Gasteiger partial charge >= 0.3 is 0 Å². The predicted molar refractivity (Wildman–Crippen MR) is 84.0 cm³/mol. The highest BCUT2D eigenvalue weighted by Gasteiger charge is 2.16. The number of ether oxygens (including phenoxy) is 1. The zero-order chi connectivity index (χ0) is 15.2. The molecule has 118 valence electrons. The van der Waals surface area contributed by atoms with Gasteiger partial charge in [-0.25, -0.2) is 0 Å². The number of nitrogens with zero attached hydrogens (tertiary/aromatic N) is 2. The van der Waals surface area contributed by atoms with Crippen LogP contribution >= 0.6 is 0 Å². The van der Waals surface area contributed by atoms with Crippen LogP contribution in [0.5, 0.6) is 5.75 Å². The molecule has 0 spiro atoms. The molecule has 1 saturated heterocycles. The van der Waals surface area contributed by atoms with Gasteiger partial charge in [0.25, 0.3) is 0 Å². The second-order valence-corrected chi connectivity index (χ2v) is 5.88. The van der Waals surface area contributed by atoms with E-state index in [0.717, 1.165) is 42.5 Å². The Morgan fingerprint density at radius 2 is 2.09 bits per heavy atom. The monoisotopic (exact) mass is 301 g/mol. The molecule has 2 aromatic rings. The van der Waals surface area contributed by atoms with Crippen molar-refractivity contribution in [2.75, 3.05) is 20.2 Å². The fourth-order valence-corrected chi connectivity index (χ4v) is 2.91. The van der Waals surface area contributed by atoms with Gasteiger partial charge in [0.15, 0.2) is 5.82 Å². The molecule has 3 rings (SSSR count). The Morgan fingerprint density at radius 3 is 2.91 bits per heavy atom. The minimum atomic E-state index is 0.657. The largest absolute Gasteiger partial charge is 0.497 e. The van der Waals surface area contributed by atoms with Gasteiger partial charge in [0, 0.05) is 12.8 Å². The van der Waals surface area contributed by atoms with Crippen molar-refractivity contribution in [3.05, 3.63) is 41.5 Å². The quantitative estimate of drug-likeness (QED) is 0.920. The third kappa shape index (κ3) is 4.07. The van der Waals surface area contributed by atoms with Crippen LogP contribution in [0, 0.1) is 5.92 Å². The molecule has 1 atom stereocenters. The lowest BCUT2D eigenvalue weighted by Gasteiger charge is -2.09. The van der Waals surface area contributed by atoms with E-state index in [4.69, 9.17) is 9.26 Å². The molecule has 0 radical (unpaired) electrons. The summed E-state index contributed by atoms with van der Waals surface area (Å²) in [4.78, 5) is 4.54. The summed E-state index contributed by atoms with van der Waals surface area (Å²) in [5.74, 6) is 3.05. The van der Waals surface area contributed by atoms with Crippen LogP contribution in [-0.2, 0) is 12.8 Å². The second-order valence-electron chi connectivity index (χ2n) is 5.88. The Morgan fingerprint density at radius 1 is 1.23 bits per heavy atom. The minimum absolute atomic E-state index is 0.657. The molecule has 5 nitrogen and oxygen atoms in total. The molecule has 22 heavy (non-hydrogen) atoms. The Balaban J connectivity index is 1.58. The minimum Gasteiger partial charge on any atom is -0.497 e. The van der Waals surface area contributed by atoms with Crippen LogP contribution in [0.25, 0.3) is 0 Å². The van der Waals surface area contributed by atoms with Crippen molar-refractivity contribution in [1.29, 1.82) is 0 Å². The van der Waals surface area contributed by atoms with Gasteiger partial charge in [0.1, 0.15) is 5.75 Å². The number of hydrogen-bond donors (Lipinski definition) is 1. The highest BCUT2D eigenvalue weighted by Crippen LogP contribution is 2.19. The summed E-state index contributed by atoms with van der Waals surface area (Å²) in [7, 11) is 1.67. The summed E-state index contributed by atoms with van der Waals surface area (Å²) < 4.78 is 10.6. The maximum atomic E-state index is 5.42. The maximum absolute atomic E-state index is 5.42. The van der Waals surface area contributed by atoms with Crippen molar-refractivity contribution in [2.45, 2.75) is 32.1 Å². The molecule has 1 fully saturated rings. The van der Waals surface area contributed by atoms with Crippen LogP contribution in [0.2, 0.25) is 0 Å². The van der Waals surface area contributed by atoms with Gasteiger partial charge in [-0.1, -0.05) is 17.3 Å². The van der Waals surface area contributed by atoms with Crippen molar-refractivity contribution >= 4 is 0 Å². The fraction of sp³-hybridized carbons (Fsp3) is 0.529. The van der Waals surface area contributed by atoms with Crippen LogP contribution in [-0.4, -0.2) is 30.3 Å². The molecule has 0 bridgehead atoms. The lowest BCUT2D eigenvalue weighted by molar-refractivity contribution is 0.339. The van der Waals surface area contributed by atoms with E-state index in [2.05, 4.69) is 15.5 Å². The Hall–Kier alpha value is -1.88. The van der Waals surface area contributed by atoms with Crippen LogP contribution in [0.1, 0.15) is 36.5 Å². The van der Waals surface area contributed by atoms with Gasteiger partial charge in [-0.05, 0) is 56.0 Å². The summed E-state index contributed by atoms with van der Waals surface area (Å²) in [6, 6.07) is 7.97. The summed E-state index contributed by atoms with van der Waals surface area (Å²) >= 11 is 0. The van der Waals surface area contributed by atoms with E-state index < -0.39 is 0 Å². The van der Waals surface area contributed by atoms with Gasteiger partial charge in [0.05, 0.1) is 7.11 Å². The molecule has 1 unspecified atom stereocenters. The van der Waals surface area contributed by atoms with E-state index >= 15 is 0 Å². The Kier molecular flexibility index (Phi) is 5.06. The van der Waals surface area contributed by atoms with E-state index in [1.54, 1.807) is 7.11 Å². The molecule has 1 N–H and O–H groups in total. The number of hydrogen-bond acceptors (Lipinski definition) is 5. The zero-order valence-electron chi connectivity index (χ0n) is 13.0. The number of rotatable bonds is 5. The summed E-state index contributed by atoms with van der Waals surface area (Å²) in [6.07, 6.45) is 5.26. The Bertz CT molecular complexity index is 572. The summed E-state index contributed by atoms with van der Waals surface area (Å²) in [5.41, 5.74) is 1.16. The normalized spacial score (nSPS) is 18.9. The molecule has 0 aliphatic carbocycles. The molecule has 1 aromatic heterocycles. The first-order valence-electron chi connectivity index (χ1n) is 7.98. The Labute approximate surface area is 131 Å². The second kappa shape index (κ2) is 7.40. The van der Waals surface area contributed by atoms with E-state index in [-0.39, 0.29) is 0 Å². The van der Waals surface area contributed by atoms with Crippen molar-refractivity contribution in [3.8, 4) is 5.75 Å². The molecule has 1 aromatic carbocycles. The van der Waals surface area contributed by atoms with Crippen LogP contribution in [0.4, 0.5) is 0 Å². The predicted octanol–water partition coefficient (Wildman–Crippen LogP) is 2.60. The molecule has 2 heterocycles. The van der Waals surface area contributed by atoms with Crippen molar-refractivity contribution in [3.63, 3.8) is 0 Å². The van der Waals surface area contributed by atoms with E-state index in [0.29, 0.717) is 12.3 Å². The molecule has 0 amide bonds. The lowest BCUT2D eigenvalue weighted by atomic mass is 9.97. The first kappa shape index (κ1) is 15.0. The lowest BCUT2D eigenvalue weighted by Crippen LogP contribution is -2.14.